The molecule has 1 N–H and O–H groups in total. The molecule has 7 rings (SSSR count). The lowest BCUT2D eigenvalue weighted by Gasteiger charge is -2.34. The molecule has 10 nitrogen and oxygen atoms in total. The van der Waals surface area contributed by atoms with E-state index >= 15 is 0 Å². The van der Waals surface area contributed by atoms with E-state index < -0.39 is 29.7 Å². The number of benzene rings is 1. The Bertz CT molecular complexity index is 1630. The lowest BCUT2D eigenvalue weighted by molar-refractivity contribution is -0.144. The first kappa shape index (κ1) is 29.8. The van der Waals surface area contributed by atoms with Gasteiger partial charge >= 0.3 is 12.1 Å². The standard InChI is InChI=1S/C32H35F3N6O4/c1-40-16-37-39-29(40)27(21-14-45-15-21)19-10-25(18-6-7-18)38-26(11-19)41-13-23-22(30(41)42)8-20(9-24(23)32(33,34)35)28(31(43)44-2)36-12-17-4-3-5-17/h8-11,16-18,21,27-28,36H,3-7,12-15H2,1-2H3. The zero-order valence-corrected chi connectivity index (χ0v) is 25.1. The van der Waals surface area contributed by atoms with Gasteiger partial charge in [-0.05, 0) is 79.1 Å². The average Bonchev–Trinajstić information content (AvgIpc) is 3.65. The number of rotatable bonds is 10. The van der Waals surface area contributed by atoms with Crippen molar-refractivity contribution in [3.8, 4) is 0 Å². The Morgan fingerprint density at radius 2 is 1.91 bits per heavy atom. The van der Waals surface area contributed by atoms with Crippen LogP contribution in [0.5, 0.6) is 0 Å². The van der Waals surface area contributed by atoms with E-state index in [0.717, 1.165) is 55.3 Å². The van der Waals surface area contributed by atoms with E-state index in [1.165, 1.54) is 18.1 Å². The number of nitrogens with one attached hydrogen (secondary N) is 1. The van der Waals surface area contributed by atoms with Crippen LogP contribution in [0.15, 0.2) is 30.6 Å². The highest BCUT2D eigenvalue weighted by molar-refractivity contribution is 6.10. The average molecular weight is 625 g/mol. The Morgan fingerprint density at radius 3 is 2.49 bits per heavy atom. The fraction of sp³-hybridized carbons (Fsp3) is 0.531. The predicted octanol–water partition coefficient (Wildman–Crippen LogP) is 4.65. The predicted molar refractivity (Wildman–Crippen MR) is 155 cm³/mol. The van der Waals surface area contributed by atoms with Crippen LogP contribution in [0.1, 0.15) is 94.1 Å². The van der Waals surface area contributed by atoms with Gasteiger partial charge in [0.2, 0.25) is 0 Å². The third-order valence-electron chi connectivity index (χ3n) is 9.62. The van der Waals surface area contributed by atoms with Gasteiger partial charge in [-0.3, -0.25) is 9.69 Å². The molecule has 2 unspecified atom stereocenters. The van der Waals surface area contributed by atoms with Gasteiger partial charge < -0.3 is 19.4 Å². The van der Waals surface area contributed by atoms with Crippen LogP contribution in [0.3, 0.4) is 0 Å². The van der Waals surface area contributed by atoms with E-state index in [2.05, 4.69) is 15.5 Å². The van der Waals surface area contributed by atoms with Gasteiger partial charge in [-0.1, -0.05) is 6.42 Å². The molecule has 45 heavy (non-hydrogen) atoms. The van der Waals surface area contributed by atoms with Crippen molar-refractivity contribution in [2.24, 2.45) is 18.9 Å². The Morgan fingerprint density at radius 1 is 1.13 bits per heavy atom. The molecular formula is C32H35F3N6O4. The Labute approximate surface area is 258 Å². The number of hydrogen-bond acceptors (Lipinski definition) is 8. The van der Waals surface area contributed by atoms with Crippen LogP contribution in [0, 0.1) is 11.8 Å². The number of nitrogens with zero attached hydrogens (tertiary/aromatic N) is 5. The van der Waals surface area contributed by atoms with Crippen LogP contribution in [0.25, 0.3) is 0 Å². The number of esters is 1. The number of anilines is 1. The molecule has 13 heteroatoms. The maximum atomic E-state index is 14.6. The van der Waals surface area contributed by atoms with Crippen molar-refractivity contribution in [1.29, 1.82) is 0 Å². The van der Waals surface area contributed by atoms with Crippen molar-refractivity contribution in [3.05, 3.63) is 69.9 Å². The molecule has 238 valence electrons. The lowest BCUT2D eigenvalue weighted by Crippen LogP contribution is -2.35. The first-order chi connectivity index (χ1) is 21.6. The number of alkyl halides is 3. The molecule has 2 atom stereocenters. The zero-order chi connectivity index (χ0) is 31.5. The van der Waals surface area contributed by atoms with Crippen molar-refractivity contribution >= 4 is 17.7 Å². The summed E-state index contributed by atoms with van der Waals surface area (Å²) in [5, 5.41) is 11.5. The van der Waals surface area contributed by atoms with Crippen molar-refractivity contribution in [2.75, 3.05) is 31.8 Å². The molecule has 4 heterocycles. The monoisotopic (exact) mass is 624 g/mol. The second-order valence-electron chi connectivity index (χ2n) is 12.7. The number of carbonyl (C=O) groups excluding carboxylic acids is 2. The van der Waals surface area contributed by atoms with Gasteiger partial charge in [0.15, 0.2) is 0 Å². The molecule has 3 fully saturated rings. The second-order valence-corrected chi connectivity index (χ2v) is 12.7. The highest BCUT2D eigenvalue weighted by Gasteiger charge is 2.43. The van der Waals surface area contributed by atoms with Crippen LogP contribution < -0.4 is 10.2 Å². The molecule has 2 aromatic heterocycles. The van der Waals surface area contributed by atoms with Gasteiger partial charge in [0, 0.05) is 30.1 Å². The fourth-order valence-electron chi connectivity index (χ4n) is 6.59. The lowest BCUT2D eigenvalue weighted by atomic mass is 9.83. The smallest absolute Gasteiger partial charge is 0.416 e. The number of aryl methyl sites for hydroxylation is 1. The number of methoxy groups -OCH3 is 1. The second kappa shape index (κ2) is 11.5. The van der Waals surface area contributed by atoms with E-state index in [9.17, 15) is 22.8 Å². The summed E-state index contributed by atoms with van der Waals surface area (Å²) < 4.78 is 56.0. The first-order valence-electron chi connectivity index (χ1n) is 15.4. The number of fused-ring (bicyclic) bond motifs is 1. The highest BCUT2D eigenvalue weighted by Crippen LogP contribution is 2.45. The van der Waals surface area contributed by atoms with Gasteiger partial charge in [-0.15, -0.1) is 10.2 Å². The van der Waals surface area contributed by atoms with Crippen molar-refractivity contribution < 1.29 is 32.2 Å². The van der Waals surface area contributed by atoms with E-state index in [-0.39, 0.29) is 41.0 Å². The number of ether oxygens (including phenoxy) is 2. The molecule has 0 spiro atoms. The largest absolute Gasteiger partial charge is 0.468 e. The summed E-state index contributed by atoms with van der Waals surface area (Å²) in [6.07, 6.45) is 1.86. The molecule has 3 aromatic rings. The maximum Gasteiger partial charge on any atom is 0.416 e. The third-order valence-corrected chi connectivity index (χ3v) is 9.62. The first-order valence-corrected chi connectivity index (χ1v) is 15.4. The number of amides is 1. The molecule has 2 saturated carbocycles. The quantitative estimate of drug-likeness (QED) is 0.325. The summed E-state index contributed by atoms with van der Waals surface area (Å²) in [6, 6.07) is 5.07. The summed E-state index contributed by atoms with van der Waals surface area (Å²) in [7, 11) is 3.07. The third kappa shape index (κ3) is 5.60. The van der Waals surface area contributed by atoms with Crippen LogP contribution in [-0.2, 0) is 34.0 Å². The zero-order valence-electron chi connectivity index (χ0n) is 25.1. The molecule has 0 radical (unpaired) electrons. The molecule has 2 aliphatic carbocycles. The summed E-state index contributed by atoms with van der Waals surface area (Å²) in [6.45, 7) is 1.26. The minimum Gasteiger partial charge on any atom is -0.468 e. The van der Waals surface area contributed by atoms with Crippen molar-refractivity contribution in [2.45, 2.75) is 62.7 Å². The highest BCUT2D eigenvalue weighted by atomic mass is 19.4. The number of carbonyl (C=O) groups is 2. The molecule has 2 aliphatic heterocycles. The Hall–Kier alpha value is -3.84. The fourth-order valence-corrected chi connectivity index (χ4v) is 6.59. The molecule has 4 aliphatic rings. The molecule has 1 saturated heterocycles. The van der Waals surface area contributed by atoms with Gasteiger partial charge in [0.25, 0.3) is 5.91 Å². The van der Waals surface area contributed by atoms with Gasteiger partial charge in [0.05, 0.1) is 38.3 Å². The Kier molecular flexibility index (Phi) is 7.63. The number of hydrogen-bond donors (Lipinski definition) is 1. The number of pyridine rings is 1. The summed E-state index contributed by atoms with van der Waals surface area (Å²) in [5.41, 5.74) is 0.578. The van der Waals surface area contributed by atoms with Crippen LogP contribution in [0.2, 0.25) is 0 Å². The number of aromatic nitrogens is 4. The minimum atomic E-state index is -4.75. The minimum absolute atomic E-state index is 0.0511. The van der Waals surface area contributed by atoms with Crippen molar-refractivity contribution in [3.63, 3.8) is 0 Å². The van der Waals surface area contributed by atoms with Crippen LogP contribution in [0.4, 0.5) is 19.0 Å². The van der Waals surface area contributed by atoms with E-state index in [1.54, 1.807) is 12.4 Å². The van der Waals surface area contributed by atoms with Crippen molar-refractivity contribution in [1.82, 2.24) is 25.1 Å². The van der Waals surface area contributed by atoms with Gasteiger partial charge in [-0.2, -0.15) is 13.2 Å². The van der Waals surface area contributed by atoms with E-state index in [0.29, 0.717) is 31.5 Å². The summed E-state index contributed by atoms with van der Waals surface area (Å²) in [4.78, 5) is 32.9. The maximum absolute atomic E-state index is 14.6. The topological polar surface area (TPSA) is 111 Å². The molecule has 1 aromatic carbocycles. The van der Waals surface area contributed by atoms with E-state index in [4.69, 9.17) is 14.5 Å². The Balaban J connectivity index is 1.28. The molecule has 0 bridgehead atoms. The molecule has 1 amide bonds. The van der Waals surface area contributed by atoms with Gasteiger partial charge in [0.1, 0.15) is 24.0 Å². The normalized spacial score (nSPS) is 20.0. The van der Waals surface area contributed by atoms with Crippen LogP contribution in [-0.4, -0.2) is 58.5 Å². The summed E-state index contributed by atoms with van der Waals surface area (Å²) in [5.74, 6) is 0.254. The number of halogens is 3. The SMILES string of the molecule is COC(=O)C(NCC1CCC1)c1cc2c(c(C(F)(F)F)c1)CN(c1cc(C(c3nncn3C)C3COC3)cc(C3CC3)n1)C2=O. The van der Waals surface area contributed by atoms with Crippen LogP contribution >= 0.6 is 0 Å². The van der Waals surface area contributed by atoms with E-state index in [1.807, 2.05) is 17.7 Å². The molecular weight excluding hydrogens is 589 g/mol. The summed E-state index contributed by atoms with van der Waals surface area (Å²) >= 11 is 0. The van der Waals surface area contributed by atoms with Gasteiger partial charge in [-0.25, -0.2) is 9.78 Å².